The summed E-state index contributed by atoms with van der Waals surface area (Å²) in [5, 5.41) is 5.21. The predicted octanol–water partition coefficient (Wildman–Crippen LogP) is 3.47. The Morgan fingerprint density at radius 1 is 1.38 bits per heavy atom. The highest BCUT2D eigenvalue weighted by atomic mass is 79.9. The van der Waals surface area contributed by atoms with Crippen molar-refractivity contribution in [2.24, 2.45) is 0 Å². The van der Waals surface area contributed by atoms with Gasteiger partial charge in [-0.25, -0.2) is 0 Å². The van der Waals surface area contributed by atoms with E-state index in [1.165, 1.54) is 18.2 Å². The van der Waals surface area contributed by atoms with Crippen molar-refractivity contribution < 1.29 is 4.52 Å². The zero-order valence-electron chi connectivity index (χ0n) is 6.96. The number of hydrogen-bond donors (Lipinski definition) is 0. The first kappa shape index (κ1) is 7.56. The molecule has 1 aliphatic carbocycles. The highest BCUT2D eigenvalue weighted by molar-refractivity contribution is 9.10. The smallest absolute Gasteiger partial charge is 0.147 e. The van der Waals surface area contributed by atoms with E-state index in [-0.39, 0.29) is 0 Å². The Kier molecular flexibility index (Phi) is 1.50. The average molecular weight is 238 g/mol. The molecule has 0 aliphatic heterocycles. The van der Waals surface area contributed by atoms with Crippen LogP contribution in [0, 0.1) is 0 Å². The second-order valence-corrected chi connectivity index (χ2v) is 4.40. The normalized spacial score (nSPS) is 16.7. The zero-order valence-corrected chi connectivity index (χ0v) is 8.54. The van der Waals surface area contributed by atoms with Gasteiger partial charge in [-0.15, -0.1) is 0 Å². The number of benzene rings is 1. The van der Waals surface area contributed by atoms with E-state index in [4.69, 9.17) is 4.52 Å². The van der Waals surface area contributed by atoms with E-state index in [0.717, 1.165) is 15.7 Å². The van der Waals surface area contributed by atoms with Crippen LogP contribution in [0.2, 0.25) is 0 Å². The molecule has 3 rings (SSSR count). The molecule has 0 N–H and O–H groups in total. The van der Waals surface area contributed by atoms with Gasteiger partial charge in [-0.3, -0.25) is 0 Å². The van der Waals surface area contributed by atoms with Gasteiger partial charge >= 0.3 is 0 Å². The van der Waals surface area contributed by atoms with E-state index < -0.39 is 0 Å². The van der Waals surface area contributed by atoms with Crippen molar-refractivity contribution in [1.29, 1.82) is 0 Å². The van der Waals surface area contributed by atoms with Crippen molar-refractivity contribution in [3.05, 3.63) is 28.4 Å². The zero-order chi connectivity index (χ0) is 8.84. The molecule has 0 atom stereocenters. The first-order valence-corrected chi connectivity index (χ1v) is 5.19. The first-order chi connectivity index (χ1) is 6.34. The van der Waals surface area contributed by atoms with Crippen molar-refractivity contribution >= 4 is 26.8 Å². The fourth-order valence-electron chi connectivity index (χ4n) is 1.58. The third kappa shape index (κ3) is 1.18. The quantitative estimate of drug-likeness (QED) is 0.760. The fourth-order valence-corrected chi connectivity index (χ4v) is 1.93. The Morgan fingerprint density at radius 3 is 3.00 bits per heavy atom. The Balaban J connectivity index is 2.26. The molecule has 0 unspecified atom stereocenters. The molecule has 13 heavy (non-hydrogen) atoms. The van der Waals surface area contributed by atoms with Crippen molar-refractivity contribution in [2.75, 3.05) is 0 Å². The number of fused-ring (bicyclic) bond motifs is 1. The molecule has 0 spiro atoms. The van der Waals surface area contributed by atoms with Crippen LogP contribution in [0.15, 0.2) is 27.2 Å². The van der Waals surface area contributed by atoms with E-state index in [2.05, 4.69) is 27.2 Å². The van der Waals surface area contributed by atoms with Crippen LogP contribution in [-0.2, 0) is 0 Å². The molecule has 2 nitrogen and oxygen atoms in total. The van der Waals surface area contributed by atoms with Gasteiger partial charge in [0, 0.05) is 15.8 Å². The summed E-state index contributed by atoms with van der Waals surface area (Å²) in [7, 11) is 0. The Hall–Kier alpha value is -0.830. The Bertz CT molecular complexity index is 459. The maximum Gasteiger partial charge on any atom is 0.147 e. The molecule has 0 amide bonds. The summed E-state index contributed by atoms with van der Waals surface area (Å²) in [6.07, 6.45) is 2.50. The predicted molar refractivity (Wildman–Crippen MR) is 53.7 cm³/mol. The van der Waals surface area contributed by atoms with E-state index in [1.54, 1.807) is 0 Å². The third-order valence-electron chi connectivity index (χ3n) is 2.42. The molecular formula is C10H8BrNO. The number of nitrogens with zero attached hydrogens (tertiary/aromatic N) is 1. The van der Waals surface area contributed by atoms with Gasteiger partial charge in [-0.1, -0.05) is 21.1 Å². The lowest BCUT2D eigenvalue weighted by Crippen LogP contribution is -1.74. The van der Waals surface area contributed by atoms with Gasteiger partial charge in [-0.2, -0.15) is 0 Å². The minimum atomic E-state index is 0.631. The molecule has 66 valence electrons. The number of hydrogen-bond acceptors (Lipinski definition) is 2. The fraction of sp³-hybridized carbons (Fsp3) is 0.300. The molecule has 1 heterocycles. The molecule has 3 heteroatoms. The standard InChI is InChI=1S/C10H8BrNO/c11-7-3-4-8-9(5-7)12-13-10(8)6-1-2-6/h3-6H,1-2H2. The maximum atomic E-state index is 5.32. The Labute approximate surface area is 84.0 Å². The van der Waals surface area contributed by atoms with E-state index in [1.807, 2.05) is 12.1 Å². The summed E-state index contributed by atoms with van der Waals surface area (Å²) >= 11 is 3.41. The van der Waals surface area contributed by atoms with Crippen LogP contribution < -0.4 is 0 Å². The van der Waals surface area contributed by atoms with Crippen LogP contribution in [0.1, 0.15) is 24.5 Å². The maximum absolute atomic E-state index is 5.32. The largest absolute Gasteiger partial charge is 0.360 e. The van der Waals surface area contributed by atoms with Gasteiger partial charge in [0.15, 0.2) is 0 Å². The van der Waals surface area contributed by atoms with Gasteiger partial charge < -0.3 is 4.52 Å². The molecule has 1 fully saturated rings. The highest BCUT2D eigenvalue weighted by Gasteiger charge is 2.29. The van der Waals surface area contributed by atoms with Gasteiger partial charge in [0.2, 0.25) is 0 Å². The third-order valence-corrected chi connectivity index (χ3v) is 2.91. The molecule has 1 aromatic carbocycles. The van der Waals surface area contributed by atoms with Gasteiger partial charge in [0.25, 0.3) is 0 Å². The van der Waals surface area contributed by atoms with Crippen molar-refractivity contribution in [3.8, 4) is 0 Å². The summed E-state index contributed by atoms with van der Waals surface area (Å²) in [6.45, 7) is 0. The summed E-state index contributed by atoms with van der Waals surface area (Å²) in [5.74, 6) is 1.70. The Morgan fingerprint density at radius 2 is 2.23 bits per heavy atom. The van der Waals surface area contributed by atoms with Crippen LogP contribution >= 0.6 is 15.9 Å². The van der Waals surface area contributed by atoms with Crippen LogP contribution in [0.5, 0.6) is 0 Å². The SMILES string of the molecule is Brc1ccc2c(C3CC3)onc2c1. The van der Waals surface area contributed by atoms with Crippen LogP contribution in [0.4, 0.5) is 0 Å². The lowest BCUT2D eigenvalue weighted by atomic mass is 10.2. The lowest BCUT2D eigenvalue weighted by molar-refractivity contribution is 0.392. The monoisotopic (exact) mass is 237 g/mol. The number of aromatic nitrogens is 1. The van der Waals surface area contributed by atoms with Gasteiger partial charge in [0.1, 0.15) is 11.3 Å². The highest BCUT2D eigenvalue weighted by Crippen LogP contribution is 2.43. The first-order valence-electron chi connectivity index (χ1n) is 4.39. The molecule has 0 bridgehead atoms. The summed E-state index contributed by atoms with van der Waals surface area (Å²) in [5.41, 5.74) is 0.955. The van der Waals surface area contributed by atoms with Crippen LogP contribution in [0.3, 0.4) is 0 Å². The molecule has 1 aromatic heterocycles. The van der Waals surface area contributed by atoms with Crippen molar-refractivity contribution in [2.45, 2.75) is 18.8 Å². The molecular weight excluding hydrogens is 230 g/mol. The topological polar surface area (TPSA) is 26.0 Å². The van der Waals surface area contributed by atoms with Crippen molar-refractivity contribution in [3.63, 3.8) is 0 Å². The molecule has 0 saturated heterocycles. The molecule has 0 radical (unpaired) electrons. The van der Waals surface area contributed by atoms with E-state index in [9.17, 15) is 0 Å². The second kappa shape index (κ2) is 2.58. The number of rotatable bonds is 1. The van der Waals surface area contributed by atoms with E-state index in [0.29, 0.717) is 5.92 Å². The lowest BCUT2D eigenvalue weighted by Gasteiger charge is -1.90. The summed E-state index contributed by atoms with van der Waals surface area (Å²) in [4.78, 5) is 0. The minimum absolute atomic E-state index is 0.631. The molecule has 1 aliphatic rings. The summed E-state index contributed by atoms with van der Waals surface area (Å²) < 4.78 is 6.37. The van der Waals surface area contributed by atoms with E-state index >= 15 is 0 Å². The van der Waals surface area contributed by atoms with Gasteiger partial charge in [-0.05, 0) is 31.0 Å². The second-order valence-electron chi connectivity index (χ2n) is 3.48. The molecule has 2 aromatic rings. The van der Waals surface area contributed by atoms with Gasteiger partial charge in [0.05, 0.1) is 0 Å². The van der Waals surface area contributed by atoms with Crippen LogP contribution in [-0.4, -0.2) is 5.16 Å². The average Bonchev–Trinajstić information content (AvgIpc) is 2.87. The summed E-state index contributed by atoms with van der Waals surface area (Å²) in [6, 6.07) is 6.10. The van der Waals surface area contributed by atoms with Crippen molar-refractivity contribution in [1.82, 2.24) is 5.16 Å². The van der Waals surface area contributed by atoms with Crippen LogP contribution in [0.25, 0.3) is 10.9 Å². The number of halogens is 1. The minimum Gasteiger partial charge on any atom is -0.360 e. The molecule has 1 saturated carbocycles.